The molecule has 2 atom stereocenters. The Kier molecular flexibility index (Phi) is 5.55. The van der Waals surface area contributed by atoms with Gasteiger partial charge >= 0.3 is 0 Å². The average molecular weight is 344 g/mol. The first-order valence-corrected chi connectivity index (χ1v) is 7.95. The van der Waals surface area contributed by atoms with Crippen molar-refractivity contribution in [2.24, 2.45) is 5.73 Å². The van der Waals surface area contributed by atoms with Crippen molar-refractivity contribution in [3.63, 3.8) is 0 Å². The van der Waals surface area contributed by atoms with E-state index in [9.17, 15) is 4.39 Å². The zero-order valence-electron chi connectivity index (χ0n) is 12.1. The Labute approximate surface area is 129 Å². The van der Waals surface area contributed by atoms with Crippen LogP contribution in [0.15, 0.2) is 22.7 Å². The minimum atomic E-state index is -0.206. The summed E-state index contributed by atoms with van der Waals surface area (Å²) < 4.78 is 14.5. The van der Waals surface area contributed by atoms with Gasteiger partial charge in [-0.1, -0.05) is 22.9 Å². The molecule has 1 heterocycles. The Morgan fingerprint density at radius 2 is 2.20 bits per heavy atom. The number of rotatable bonds is 4. The van der Waals surface area contributed by atoms with Crippen molar-refractivity contribution >= 4 is 15.9 Å². The van der Waals surface area contributed by atoms with E-state index in [0.717, 1.165) is 36.1 Å². The highest BCUT2D eigenvalue weighted by Gasteiger charge is 2.29. The molecular formula is C15H23BrFN3. The molecule has 2 rings (SSSR count). The van der Waals surface area contributed by atoms with Crippen LogP contribution in [-0.2, 0) is 0 Å². The van der Waals surface area contributed by atoms with Crippen LogP contribution in [0.25, 0.3) is 0 Å². The summed E-state index contributed by atoms with van der Waals surface area (Å²) in [5, 5.41) is 0. The van der Waals surface area contributed by atoms with Gasteiger partial charge in [-0.2, -0.15) is 0 Å². The van der Waals surface area contributed by atoms with Crippen LogP contribution in [0, 0.1) is 5.82 Å². The summed E-state index contributed by atoms with van der Waals surface area (Å²) >= 11 is 3.52. The summed E-state index contributed by atoms with van der Waals surface area (Å²) in [6, 6.07) is 5.45. The fourth-order valence-corrected chi connectivity index (χ4v) is 3.45. The number of hydrogen-bond acceptors (Lipinski definition) is 3. The number of nitrogens with zero attached hydrogens (tertiary/aromatic N) is 2. The lowest BCUT2D eigenvalue weighted by Gasteiger charge is -2.43. The summed E-state index contributed by atoms with van der Waals surface area (Å²) in [6.07, 6.45) is 1.12. The van der Waals surface area contributed by atoms with Gasteiger partial charge in [0.05, 0.1) is 0 Å². The predicted molar refractivity (Wildman–Crippen MR) is 84.2 cm³/mol. The second-order valence-electron chi connectivity index (χ2n) is 5.45. The van der Waals surface area contributed by atoms with Crippen LogP contribution in [0.1, 0.15) is 24.9 Å². The molecule has 0 amide bonds. The van der Waals surface area contributed by atoms with E-state index in [0.29, 0.717) is 12.6 Å². The summed E-state index contributed by atoms with van der Waals surface area (Å²) in [5.41, 5.74) is 6.93. The Hall–Kier alpha value is -0.490. The molecule has 0 spiro atoms. The lowest BCUT2D eigenvalue weighted by molar-refractivity contribution is 0.0641. The van der Waals surface area contributed by atoms with Gasteiger partial charge in [-0.05, 0) is 37.2 Å². The van der Waals surface area contributed by atoms with E-state index < -0.39 is 0 Å². The van der Waals surface area contributed by atoms with Crippen LogP contribution in [0.5, 0.6) is 0 Å². The number of nitrogens with two attached hydrogens (primary N) is 1. The number of benzene rings is 1. The highest BCUT2D eigenvalue weighted by molar-refractivity contribution is 9.10. The molecule has 112 valence electrons. The van der Waals surface area contributed by atoms with E-state index in [1.165, 1.54) is 6.07 Å². The van der Waals surface area contributed by atoms with Crippen molar-refractivity contribution in [2.45, 2.75) is 25.4 Å². The Bertz CT molecular complexity index is 455. The third kappa shape index (κ3) is 3.39. The minimum absolute atomic E-state index is 0.0721. The van der Waals surface area contributed by atoms with Crippen LogP contribution < -0.4 is 5.73 Å². The maximum absolute atomic E-state index is 13.5. The third-order valence-corrected chi connectivity index (χ3v) is 4.98. The van der Waals surface area contributed by atoms with Gasteiger partial charge in [-0.25, -0.2) is 4.39 Å². The molecule has 0 radical (unpaired) electrons. The van der Waals surface area contributed by atoms with Crippen LogP contribution in [0.2, 0.25) is 0 Å². The lowest BCUT2D eigenvalue weighted by Crippen LogP contribution is -2.53. The van der Waals surface area contributed by atoms with Crippen molar-refractivity contribution in [3.05, 3.63) is 34.1 Å². The summed E-state index contributed by atoms with van der Waals surface area (Å²) in [7, 11) is 2.17. The third-order valence-electron chi connectivity index (χ3n) is 4.26. The minimum Gasteiger partial charge on any atom is -0.329 e. The van der Waals surface area contributed by atoms with E-state index >= 15 is 0 Å². The maximum atomic E-state index is 13.5. The molecule has 0 aromatic heterocycles. The van der Waals surface area contributed by atoms with Gasteiger partial charge in [0.15, 0.2) is 0 Å². The second kappa shape index (κ2) is 6.98. The van der Waals surface area contributed by atoms with Gasteiger partial charge in [-0.15, -0.1) is 0 Å². The molecule has 1 aliphatic rings. The highest BCUT2D eigenvalue weighted by atomic mass is 79.9. The van der Waals surface area contributed by atoms with Gasteiger partial charge in [0, 0.05) is 42.7 Å². The number of piperazine rings is 1. The van der Waals surface area contributed by atoms with E-state index in [2.05, 4.69) is 39.7 Å². The zero-order valence-corrected chi connectivity index (χ0v) is 13.7. The Morgan fingerprint density at radius 3 is 2.85 bits per heavy atom. The van der Waals surface area contributed by atoms with Gasteiger partial charge < -0.3 is 10.6 Å². The summed E-state index contributed by atoms with van der Waals surface area (Å²) in [6.45, 7) is 5.69. The maximum Gasteiger partial charge on any atom is 0.123 e. The summed E-state index contributed by atoms with van der Waals surface area (Å²) in [5.74, 6) is -0.206. The van der Waals surface area contributed by atoms with Gasteiger partial charge in [0.2, 0.25) is 0 Å². The summed E-state index contributed by atoms with van der Waals surface area (Å²) in [4.78, 5) is 4.78. The molecule has 5 heteroatoms. The Morgan fingerprint density at radius 1 is 1.45 bits per heavy atom. The topological polar surface area (TPSA) is 32.5 Å². The van der Waals surface area contributed by atoms with E-state index in [1.807, 2.05) is 0 Å². The molecule has 1 saturated heterocycles. The average Bonchev–Trinajstić information content (AvgIpc) is 2.45. The largest absolute Gasteiger partial charge is 0.329 e. The molecule has 2 N–H and O–H groups in total. The van der Waals surface area contributed by atoms with E-state index in [1.54, 1.807) is 12.1 Å². The first kappa shape index (κ1) is 15.9. The standard InChI is InChI=1S/C15H23BrFN3/c1-3-12-10-20(7-6-19(12)2)15(9-18)13-8-11(17)4-5-14(13)16/h4-5,8,12,15H,3,6-7,9-10,18H2,1-2H3. The van der Waals surface area contributed by atoms with Crippen LogP contribution in [-0.4, -0.2) is 49.1 Å². The highest BCUT2D eigenvalue weighted by Crippen LogP contribution is 2.29. The van der Waals surface area contributed by atoms with Crippen LogP contribution in [0.4, 0.5) is 4.39 Å². The second-order valence-corrected chi connectivity index (χ2v) is 6.31. The normalized spacial score (nSPS) is 22.9. The molecule has 0 saturated carbocycles. The number of hydrogen-bond donors (Lipinski definition) is 1. The molecule has 0 aliphatic carbocycles. The van der Waals surface area contributed by atoms with E-state index in [-0.39, 0.29) is 11.9 Å². The van der Waals surface area contributed by atoms with Crippen LogP contribution >= 0.6 is 15.9 Å². The molecule has 1 aromatic rings. The van der Waals surface area contributed by atoms with Gasteiger partial charge in [0.1, 0.15) is 5.82 Å². The monoisotopic (exact) mass is 343 g/mol. The van der Waals surface area contributed by atoms with Gasteiger partial charge in [0.25, 0.3) is 0 Å². The molecule has 1 aromatic carbocycles. The first-order chi connectivity index (χ1) is 9.56. The van der Waals surface area contributed by atoms with Crippen molar-refractivity contribution in [3.8, 4) is 0 Å². The van der Waals surface area contributed by atoms with Crippen molar-refractivity contribution < 1.29 is 4.39 Å². The van der Waals surface area contributed by atoms with Crippen molar-refractivity contribution in [1.29, 1.82) is 0 Å². The molecule has 3 nitrogen and oxygen atoms in total. The molecule has 1 aliphatic heterocycles. The smallest absolute Gasteiger partial charge is 0.123 e. The predicted octanol–water partition coefficient (Wildman–Crippen LogP) is 2.61. The quantitative estimate of drug-likeness (QED) is 0.911. The van der Waals surface area contributed by atoms with Crippen molar-refractivity contribution in [1.82, 2.24) is 9.80 Å². The molecule has 0 bridgehead atoms. The lowest BCUT2D eigenvalue weighted by atomic mass is 10.0. The fourth-order valence-electron chi connectivity index (χ4n) is 2.94. The molecular weight excluding hydrogens is 321 g/mol. The van der Waals surface area contributed by atoms with Crippen molar-refractivity contribution in [2.75, 3.05) is 33.2 Å². The number of likely N-dealkylation sites (N-methyl/N-ethyl adjacent to an activating group) is 1. The zero-order chi connectivity index (χ0) is 14.7. The molecule has 1 fully saturated rings. The Balaban J connectivity index is 2.21. The number of halogens is 2. The molecule has 2 unspecified atom stereocenters. The van der Waals surface area contributed by atoms with Gasteiger partial charge in [-0.3, -0.25) is 4.90 Å². The van der Waals surface area contributed by atoms with Crippen LogP contribution in [0.3, 0.4) is 0 Å². The van der Waals surface area contributed by atoms with E-state index in [4.69, 9.17) is 5.73 Å². The SMILES string of the molecule is CCC1CN(C(CN)c2cc(F)ccc2Br)CCN1C. The fraction of sp³-hybridized carbons (Fsp3) is 0.600. The molecule has 20 heavy (non-hydrogen) atoms. The first-order valence-electron chi connectivity index (χ1n) is 7.16.